The van der Waals surface area contributed by atoms with Crippen molar-refractivity contribution in [3.05, 3.63) is 30.1 Å². The highest BCUT2D eigenvalue weighted by Crippen LogP contribution is 2.11. The molecule has 2 rings (SSSR count). The van der Waals surface area contributed by atoms with Crippen molar-refractivity contribution in [3.8, 4) is 0 Å². The van der Waals surface area contributed by atoms with Gasteiger partial charge in [0.15, 0.2) is 0 Å². The Morgan fingerprint density at radius 3 is 2.52 bits per heavy atom. The number of hydrogen-bond acceptors (Lipinski definition) is 3. The highest BCUT2D eigenvalue weighted by Gasteiger charge is 2.16. The van der Waals surface area contributed by atoms with Crippen molar-refractivity contribution in [1.82, 2.24) is 10.2 Å². The molecule has 0 spiro atoms. The van der Waals surface area contributed by atoms with E-state index < -0.39 is 5.82 Å². The minimum Gasteiger partial charge on any atom is -0.342 e. The molecule has 0 saturated carbocycles. The molecule has 5 nitrogen and oxygen atoms in total. The summed E-state index contributed by atoms with van der Waals surface area (Å²) >= 11 is 0. The van der Waals surface area contributed by atoms with Gasteiger partial charge in [0.25, 0.3) is 0 Å². The van der Waals surface area contributed by atoms with Crippen LogP contribution in [-0.2, 0) is 9.59 Å². The second-order valence-corrected chi connectivity index (χ2v) is 5.07. The van der Waals surface area contributed by atoms with E-state index in [1.807, 2.05) is 4.90 Å². The summed E-state index contributed by atoms with van der Waals surface area (Å²) in [5, 5.41) is 5.26. The molecule has 0 bridgehead atoms. The summed E-state index contributed by atoms with van der Waals surface area (Å²) in [5.41, 5.74) is 0.145. The molecule has 114 valence electrons. The normalized spacial score (nSPS) is 14.8. The third kappa shape index (κ3) is 4.82. The topological polar surface area (TPSA) is 61.4 Å². The molecule has 6 heteroatoms. The first-order valence-electron chi connectivity index (χ1n) is 7.19. The smallest absolute Gasteiger partial charge is 0.238 e. The molecule has 1 saturated heterocycles. The summed E-state index contributed by atoms with van der Waals surface area (Å²) in [6.07, 6.45) is 3.25. The lowest BCUT2D eigenvalue weighted by atomic mass is 10.1. The maximum absolute atomic E-state index is 13.3. The van der Waals surface area contributed by atoms with Crippen LogP contribution in [0.2, 0.25) is 0 Å². The van der Waals surface area contributed by atoms with Crippen LogP contribution >= 0.6 is 0 Å². The Balaban J connectivity index is 1.69. The van der Waals surface area contributed by atoms with E-state index in [4.69, 9.17) is 0 Å². The second kappa shape index (κ2) is 7.73. The van der Waals surface area contributed by atoms with Crippen LogP contribution in [0, 0.1) is 5.82 Å². The van der Waals surface area contributed by atoms with Crippen LogP contribution in [0.5, 0.6) is 0 Å². The van der Waals surface area contributed by atoms with E-state index in [1.165, 1.54) is 18.6 Å². The zero-order valence-electron chi connectivity index (χ0n) is 11.9. The van der Waals surface area contributed by atoms with Crippen molar-refractivity contribution < 1.29 is 14.0 Å². The molecule has 0 aliphatic carbocycles. The van der Waals surface area contributed by atoms with Gasteiger partial charge in [-0.05, 0) is 31.4 Å². The predicted octanol–water partition coefficient (Wildman–Crippen LogP) is 1.37. The average molecular weight is 293 g/mol. The van der Waals surface area contributed by atoms with Gasteiger partial charge in [0, 0.05) is 13.1 Å². The van der Waals surface area contributed by atoms with Gasteiger partial charge >= 0.3 is 0 Å². The molecule has 21 heavy (non-hydrogen) atoms. The van der Waals surface area contributed by atoms with Crippen LogP contribution < -0.4 is 10.6 Å². The third-order valence-electron chi connectivity index (χ3n) is 3.42. The van der Waals surface area contributed by atoms with Crippen LogP contribution in [0.15, 0.2) is 24.3 Å². The molecule has 0 atom stereocenters. The molecule has 2 amide bonds. The number of nitrogens with zero attached hydrogens (tertiary/aromatic N) is 1. The first-order chi connectivity index (χ1) is 10.2. The minimum atomic E-state index is -0.477. The SMILES string of the molecule is O=C(CNCC(=O)N1CCCCC1)Nc1ccccc1F. The van der Waals surface area contributed by atoms with Gasteiger partial charge in [-0.1, -0.05) is 12.1 Å². The first kappa shape index (κ1) is 15.4. The van der Waals surface area contributed by atoms with Gasteiger partial charge in [-0.2, -0.15) is 0 Å². The fourth-order valence-corrected chi connectivity index (χ4v) is 2.30. The standard InChI is InChI=1S/C15H20FN3O2/c16-12-6-2-3-7-13(12)18-14(20)10-17-11-15(21)19-8-4-1-5-9-19/h2-3,6-7,17H,1,4-5,8-11H2,(H,18,20). The van der Waals surface area contributed by atoms with Crippen molar-refractivity contribution in [2.24, 2.45) is 0 Å². The number of halogens is 1. The highest BCUT2D eigenvalue weighted by atomic mass is 19.1. The molecule has 0 aromatic heterocycles. The number of rotatable bonds is 5. The second-order valence-electron chi connectivity index (χ2n) is 5.07. The molecule has 2 N–H and O–H groups in total. The van der Waals surface area contributed by atoms with E-state index in [0.29, 0.717) is 0 Å². The summed E-state index contributed by atoms with van der Waals surface area (Å²) in [4.78, 5) is 25.3. The van der Waals surface area contributed by atoms with Gasteiger partial charge < -0.3 is 10.2 Å². The molecule has 0 radical (unpaired) electrons. The van der Waals surface area contributed by atoms with Gasteiger partial charge in [0.2, 0.25) is 11.8 Å². The van der Waals surface area contributed by atoms with Crippen LogP contribution in [0.3, 0.4) is 0 Å². The number of anilines is 1. The lowest BCUT2D eigenvalue weighted by molar-refractivity contribution is -0.131. The van der Waals surface area contributed by atoms with Crippen molar-refractivity contribution in [3.63, 3.8) is 0 Å². The van der Waals surface area contributed by atoms with Crippen LogP contribution in [0.1, 0.15) is 19.3 Å². The summed E-state index contributed by atoms with van der Waals surface area (Å²) < 4.78 is 13.3. The number of amides is 2. The molecule has 0 unspecified atom stereocenters. The van der Waals surface area contributed by atoms with E-state index in [2.05, 4.69) is 10.6 Å². The Labute approximate surface area is 123 Å². The monoisotopic (exact) mass is 293 g/mol. The summed E-state index contributed by atoms with van der Waals surface area (Å²) in [6.45, 7) is 1.70. The maximum atomic E-state index is 13.3. The largest absolute Gasteiger partial charge is 0.342 e. The van der Waals surface area contributed by atoms with Gasteiger partial charge in [0.1, 0.15) is 5.82 Å². The van der Waals surface area contributed by atoms with Crippen LogP contribution in [-0.4, -0.2) is 42.9 Å². The maximum Gasteiger partial charge on any atom is 0.238 e. The molecular formula is C15H20FN3O2. The van der Waals surface area contributed by atoms with Gasteiger partial charge in [-0.25, -0.2) is 4.39 Å². The lowest BCUT2D eigenvalue weighted by Crippen LogP contribution is -2.42. The van der Waals surface area contributed by atoms with Crippen molar-refractivity contribution in [2.75, 3.05) is 31.5 Å². The number of hydrogen-bond donors (Lipinski definition) is 2. The van der Waals surface area contributed by atoms with Crippen molar-refractivity contribution in [2.45, 2.75) is 19.3 Å². The van der Waals surface area contributed by atoms with Crippen molar-refractivity contribution >= 4 is 17.5 Å². The Morgan fingerprint density at radius 2 is 1.81 bits per heavy atom. The molecule has 1 aromatic carbocycles. The van der Waals surface area contributed by atoms with E-state index in [0.717, 1.165) is 25.9 Å². The summed E-state index contributed by atoms with van der Waals surface area (Å²) in [6, 6.07) is 5.97. The summed E-state index contributed by atoms with van der Waals surface area (Å²) in [7, 11) is 0. The number of piperidine rings is 1. The molecular weight excluding hydrogens is 273 g/mol. The molecule has 1 aliphatic heterocycles. The quantitative estimate of drug-likeness (QED) is 0.862. The Hall–Kier alpha value is -1.95. The van der Waals surface area contributed by atoms with E-state index in [-0.39, 0.29) is 30.6 Å². The Morgan fingerprint density at radius 1 is 1.10 bits per heavy atom. The zero-order chi connectivity index (χ0) is 15.1. The summed E-state index contributed by atoms with van der Waals surface area (Å²) in [5.74, 6) is -0.838. The van der Waals surface area contributed by atoms with Crippen LogP contribution in [0.4, 0.5) is 10.1 Å². The van der Waals surface area contributed by atoms with Gasteiger partial charge in [0.05, 0.1) is 18.8 Å². The number of benzene rings is 1. The third-order valence-corrected chi connectivity index (χ3v) is 3.42. The molecule has 1 aromatic rings. The highest BCUT2D eigenvalue weighted by molar-refractivity contribution is 5.92. The minimum absolute atomic E-state index is 0.00777. The zero-order valence-corrected chi connectivity index (χ0v) is 11.9. The predicted molar refractivity (Wildman–Crippen MR) is 78.3 cm³/mol. The fraction of sp³-hybridized carbons (Fsp3) is 0.467. The number of carbonyl (C=O) groups is 2. The first-order valence-corrected chi connectivity index (χ1v) is 7.19. The number of likely N-dealkylation sites (tertiary alicyclic amines) is 1. The molecule has 1 fully saturated rings. The van der Waals surface area contributed by atoms with Gasteiger partial charge in [-0.15, -0.1) is 0 Å². The fourth-order valence-electron chi connectivity index (χ4n) is 2.30. The Kier molecular flexibility index (Phi) is 5.68. The van der Waals surface area contributed by atoms with Crippen LogP contribution in [0.25, 0.3) is 0 Å². The number of para-hydroxylation sites is 1. The number of nitrogens with one attached hydrogen (secondary N) is 2. The average Bonchev–Trinajstić information content (AvgIpc) is 2.50. The van der Waals surface area contributed by atoms with E-state index >= 15 is 0 Å². The number of carbonyl (C=O) groups excluding carboxylic acids is 2. The van der Waals surface area contributed by atoms with Gasteiger partial charge in [-0.3, -0.25) is 14.9 Å². The molecule has 1 heterocycles. The molecule has 1 aliphatic rings. The van der Waals surface area contributed by atoms with E-state index in [9.17, 15) is 14.0 Å². The van der Waals surface area contributed by atoms with E-state index in [1.54, 1.807) is 12.1 Å². The Bertz CT molecular complexity index is 501. The lowest BCUT2D eigenvalue weighted by Gasteiger charge is -2.26. The van der Waals surface area contributed by atoms with Crippen molar-refractivity contribution in [1.29, 1.82) is 0 Å².